The second-order valence-corrected chi connectivity index (χ2v) is 3.78. The Hall–Kier alpha value is -1.09. The molecule has 0 aliphatic carbocycles. The molecule has 1 aromatic rings. The van der Waals surface area contributed by atoms with E-state index in [1.165, 1.54) is 7.11 Å². The number of ether oxygens (including phenoxy) is 1. The molecule has 0 atom stereocenters. The first-order valence-corrected chi connectivity index (χ1v) is 4.71. The van der Waals surface area contributed by atoms with E-state index in [4.69, 9.17) is 22.1 Å². The van der Waals surface area contributed by atoms with Gasteiger partial charge in [0, 0.05) is 5.56 Å². The molecule has 0 radical (unpaired) electrons. The first-order chi connectivity index (χ1) is 6.49. The zero-order valence-corrected chi connectivity index (χ0v) is 9.22. The molecule has 0 fully saturated rings. The Bertz CT molecular complexity index is 350. The summed E-state index contributed by atoms with van der Waals surface area (Å²) in [5, 5.41) is 9.96. The van der Waals surface area contributed by atoms with Gasteiger partial charge >= 0.3 is 0 Å². The van der Waals surface area contributed by atoms with Crippen LogP contribution in [0.15, 0.2) is 6.07 Å². The SMILES string of the molecule is COc1cc(C(C)C)c(O)c(N)c1Cl. The summed E-state index contributed by atoms with van der Waals surface area (Å²) in [5.74, 6) is 0.708. The Morgan fingerprint density at radius 1 is 1.50 bits per heavy atom. The van der Waals surface area contributed by atoms with Gasteiger partial charge in [-0.15, -0.1) is 0 Å². The molecule has 0 heterocycles. The number of methoxy groups -OCH3 is 1. The Morgan fingerprint density at radius 3 is 2.50 bits per heavy atom. The molecule has 0 bridgehead atoms. The van der Waals surface area contributed by atoms with E-state index >= 15 is 0 Å². The van der Waals surface area contributed by atoms with Gasteiger partial charge in [0.2, 0.25) is 0 Å². The molecule has 4 heteroatoms. The molecule has 1 rings (SSSR count). The van der Waals surface area contributed by atoms with Crippen LogP contribution >= 0.6 is 11.6 Å². The Labute approximate surface area is 88.4 Å². The standard InChI is InChI=1S/C10H14ClNO2/c1-5(2)6-4-7(14-3)8(11)9(12)10(6)13/h4-5,13H,12H2,1-3H3. The lowest BCUT2D eigenvalue weighted by Gasteiger charge is -2.14. The van der Waals surface area contributed by atoms with Gasteiger partial charge in [0.25, 0.3) is 0 Å². The zero-order valence-electron chi connectivity index (χ0n) is 8.47. The van der Waals surface area contributed by atoms with E-state index in [9.17, 15) is 5.11 Å². The molecular weight excluding hydrogens is 202 g/mol. The van der Waals surface area contributed by atoms with Crippen molar-refractivity contribution in [2.75, 3.05) is 12.8 Å². The molecule has 3 N–H and O–H groups in total. The first kappa shape index (κ1) is 11.0. The molecule has 0 spiro atoms. The van der Waals surface area contributed by atoms with E-state index in [0.29, 0.717) is 5.75 Å². The van der Waals surface area contributed by atoms with Crippen LogP contribution in [-0.2, 0) is 0 Å². The first-order valence-electron chi connectivity index (χ1n) is 4.33. The number of nitrogens with two attached hydrogens (primary N) is 1. The highest BCUT2D eigenvalue weighted by atomic mass is 35.5. The maximum atomic E-state index is 9.70. The van der Waals surface area contributed by atoms with Crippen molar-refractivity contribution in [3.05, 3.63) is 16.7 Å². The highest BCUT2D eigenvalue weighted by Gasteiger charge is 2.16. The Balaban J connectivity index is 3.40. The largest absolute Gasteiger partial charge is 0.505 e. The highest BCUT2D eigenvalue weighted by molar-refractivity contribution is 6.35. The second kappa shape index (κ2) is 3.96. The number of nitrogen functional groups attached to an aromatic ring is 1. The number of hydrogen-bond donors (Lipinski definition) is 2. The average Bonchev–Trinajstić information content (AvgIpc) is 2.14. The van der Waals surface area contributed by atoms with E-state index in [1.807, 2.05) is 13.8 Å². The number of phenols is 1. The molecule has 0 aliphatic rings. The predicted octanol–water partition coefficient (Wildman–Crippen LogP) is 2.76. The van der Waals surface area contributed by atoms with Gasteiger partial charge in [-0.1, -0.05) is 25.4 Å². The lowest BCUT2D eigenvalue weighted by molar-refractivity contribution is 0.411. The van der Waals surface area contributed by atoms with Crippen LogP contribution in [-0.4, -0.2) is 12.2 Å². The van der Waals surface area contributed by atoms with Crippen LogP contribution in [0.3, 0.4) is 0 Å². The van der Waals surface area contributed by atoms with Gasteiger partial charge in [-0.3, -0.25) is 0 Å². The Morgan fingerprint density at radius 2 is 2.07 bits per heavy atom. The quantitative estimate of drug-likeness (QED) is 0.589. The topological polar surface area (TPSA) is 55.5 Å². The summed E-state index contributed by atoms with van der Waals surface area (Å²) in [6.45, 7) is 3.92. The highest BCUT2D eigenvalue weighted by Crippen LogP contribution is 2.42. The van der Waals surface area contributed by atoms with Crippen LogP contribution in [0.1, 0.15) is 25.3 Å². The van der Waals surface area contributed by atoms with Crippen LogP contribution < -0.4 is 10.5 Å². The summed E-state index contributed by atoms with van der Waals surface area (Å²) in [5.41, 5.74) is 6.55. The van der Waals surface area contributed by atoms with Crippen molar-refractivity contribution in [3.8, 4) is 11.5 Å². The van der Waals surface area contributed by atoms with Crippen molar-refractivity contribution in [2.24, 2.45) is 0 Å². The number of hydrogen-bond acceptors (Lipinski definition) is 3. The van der Waals surface area contributed by atoms with Crippen molar-refractivity contribution >= 4 is 17.3 Å². The smallest absolute Gasteiger partial charge is 0.143 e. The molecule has 0 aromatic heterocycles. The molecule has 0 aliphatic heterocycles. The molecule has 0 saturated carbocycles. The van der Waals surface area contributed by atoms with E-state index in [-0.39, 0.29) is 22.4 Å². The molecule has 14 heavy (non-hydrogen) atoms. The molecule has 3 nitrogen and oxygen atoms in total. The molecule has 0 saturated heterocycles. The molecule has 0 amide bonds. The van der Waals surface area contributed by atoms with Gasteiger partial charge in [-0.05, 0) is 12.0 Å². The maximum Gasteiger partial charge on any atom is 0.143 e. The predicted molar refractivity (Wildman–Crippen MR) is 58.2 cm³/mol. The molecule has 1 aromatic carbocycles. The van der Waals surface area contributed by atoms with Gasteiger partial charge in [0.1, 0.15) is 16.5 Å². The van der Waals surface area contributed by atoms with Gasteiger partial charge in [0.05, 0.1) is 12.8 Å². The lowest BCUT2D eigenvalue weighted by atomic mass is 10.0. The number of halogens is 1. The summed E-state index contributed by atoms with van der Waals surface area (Å²) in [7, 11) is 1.52. The molecule has 0 unspecified atom stereocenters. The van der Waals surface area contributed by atoms with E-state index in [2.05, 4.69) is 0 Å². The summed E-state index contributed by atoms with van der Waals surface area (Å²) < 4.78 is 5.05. The van der Waals surface area contributed by atoms with Crippen LogP contribution in [0.4, 0.5) is 5.69 Å². The monoisotopic (exact) mass is 215 g/mol. The number of anilines is 1. The van der Waals surface area contributed by atoms with E-state index < -0.39 is 0 Å². The third-order valence-electron chi connectivity index (χ3n) is 2.11. The number of aromatic hydroxyl groups is 1. The average molecular weight is 216 g/mol. The summed E-state index contributed by atoms with van der Waals surface area (Å²) in [4.78, 5) is 0. The Kier molecular flexibility index (Phi) is 3.11. The third kappa shape index (κ3) is 1.73. The van der Waals surface area contributed by atoms with Crippen molar-refractivity contribution in [2.45, 2.75) is 19.8 Å². The van der Waals surface area contributed by atoms with Crippen molar-refractivity contribution < 1.29 is 9.84 Å². The minimum absolute atomic E-state index is 0.0470. The van der Waals surface area contributed by atoms with Gasteiger partial charge < -0.3 is 15.6 Å². The third-order valence-corrected chi connectivity index (χ3v) is 2.50. The summed E-state index contributed by atoms with van der Waals surface area (Å²) >= 11 is 5.87. The number of benzene rings is 1. The molecular formula is C10H14ClNO2. The number of phenolic OH excluding ortho intramolecular Hbond substituents is 1. The number of rotatable bonds is 2. The van der Waals surface area contributed by atoms with Gasteiger partial charge in [-0.25, -0.2) is 0 Å². The summed E-state index contributed by atoms with van der Waals surface area (Å²) in [6, 6.07) is 1.71. The summed E-state index contributed by atoms with van der Waals surface area (Å²) in [6.07, 6.45) is 0. The maximum absolute atomic E-state index is 9.70. The van der Waals surface area contributed by atoms with Crippen molar-refractivity contribution in [1.29, 1.82) is 0 Å². The fourth-order valence-electron chi connectivity index (χ4n) is 1.25. The van der Waals surface area contributed by atoms with Crippen LogP contribution in [0.25, 0.3) is 0 Å². The fraction of sp³-hybridized carbons (Fsp3) is 0.400. The molecule has 78 valence electrons. The van der Waals surface area contributed by atoms with Crippen molar-refractivity contribution in [1.82, 2.24) is 0 Å². The second-order valence-electron chi connectivity index (χ2n) is 3.40. The van der Waals surface area contributed by atoms with Crippen LogP contribution in [0, 0.1) is 0 Å². The minimum atomic E-state index is 0.0470. The van der Waals surface area contributed by atoms with E-state index in [1.54, 1.807) is 6.07 Å². The fourth-order valence-corrected chi connectivity index (χ4v) is 1.47. The van der Waals surface area contributed by atoms with Crippen LogP contribution in [0.2, 0.25) is 5.02 Å². The van der Waals surface area contributed by atoms with E-state index in [0.717, 1.165) is 5.56 Å². The van der Waals surface area contributed by atoms with Crippen molar-refractivity contribution in [3.63, 3.8) is 0 Å². The lowest BCUT2D eigenvalue weighted by Crippen LogP contribution is -1.97. The van der Waals surface area contributed by atoms with Gasteiger partial charge in [-0.2, -0.15) is 0 Å². The van der Waals surface area contributed by atoms with Gasteiger partial charge in [0.15, 0.2) is 0 Å². The zero-order chi connectivity index (χ0) is 10.9. The van der Waals surface area contributed by atoms with Crippen LogP contribution in [0.5, 0.6) is 11.5 Å². The minimum Gasteiger partial charge on any atom is -0.505 e. The normalized spacial score (nSPS) is 10.6.